The molecular formula is C23H30F3N9O2. The molecule has 0 bridgehead atoms. The minimum absolute atomic E-state index is 0.0873. The Morgan fingerprint density at radius 1 is 1.14 bits per heavy atom. The molecule has 14 heteroatoms. The standard InChI is InChI=1S/C23H30F3N9O2/c24-23(25,26)14-36-11-10-35-20-19(17(33-35)13-37-12-16-2-1-3-16)31-22(34-8-6-27-7-9-34)32-21(20)30-18-4-5-28-15-29-18/h4-5,15-16,27H,1-3,6-14H2,(H,28,29,30,31,32). The Morgan fingerprint density at radius 2 is 1.97 bits per heavy atom. The van der Waals surface area contributed by atoms with Crippen molar-refractivity contribution in [2.75, 3.05) is 56.2 Å². The van der Waals surface area contributed by atoms with Gasteiger partial charge in [-0.1, -0.05) is 6.42 Å². The largest absolute Gasteiger partial charge is 0.411 e. The van der Waals surface area contributed by atoms with E-state index in [1.165, 1.54) is 12.7 Å². The number of nitrogens with zero attached hydrogens (tertiary/aromatic N) is 7. The van der Waals surface area contributed by atoms with E-state index >= 15 is 0 Å². The summed E-state index contributed by atoms with van der Waals surface area (Å²) in [4.78, 5) is 19.9. The van der Waals surface area contributed by atoms with Gasteiger partial charge in [0.1, 0.15) is 35.5 Å². The van der Waals surface area contributed by atoms with Gasteiger partial charge in [-0.25, -0.2) is 15.0 Å². The lowest BCUT2D eigenvalue weighted by atomic mass is 9.86. The van der Waals surface area contributed by atoms with E-state index in [1.54, 1.807) is 16.9 Å². The number of rotatable bonds is 11. The predicted octanol–water partition coefficient (Wildman–Crippen LogP) is 2.67. The van der Waals surface area contributed by atoms with Gasteiger partial charge in [-0.05, 0) is 24.8 Å². The van der Waals surface area contributed by atoms with Crippen LogP contribution in [0.4, 0.5) is 30.8 Å². The molecule has 37 heavy (non-hydrogen) atoms. The number of alkyl halides is 3. The molecule has 11 nitrogen and oxygen atoms in total. The third kappa shape index (κ3) is 6.62. The van der Waals surface area contributed by atoms with Crippen LogP contribution in [0.1, 0.15) is 25.0 Å². The number of ether oxygens (including phenoxy) is 2. The number of halogens is 3. The first-order valence-corrected chi connectivity index (χ1v) is 12.4. The highest BCUT2D eigenvalue weighted by Crippen LogP contribution is 2.30. The molecule has 0 aromatic carbocycles. The molecule has 3 aromatic rings. The number of nitrogens with one attached hydrogen (secondary N) is 2. The number of hydrogen-bond acceptors (Lipinski definition) is 10. The Kier molecular flexibility index (Phi) is 7.96. The maximum Gasteiger partial charge on any atom is 0.411 e. The maximum absolute atomic E-state index is 12.6. The Hall–Kier alpha value is -3.10. The second-order valence-electron chi connectivity index (χ2n) is 9.18. The van der Waals surface area contributed by atoms with Crippen LogP contribution in [0.25, 0.3) is 11.0 Å². The van der Waals surface area contributed by atoms with Crippen molar-refractivity contribution >= 4 is 28.6 Å². The summed E-state index contributed by atoms with van der Waals surface area (Å²) in [6.45, 7) is 2.58. The number of fused-ring (bicyclic) bond motifs is 1. The molecular weight excluding hydrogens is 491 g/mol. The summed E-state index contributed by atoms with van der Waals surface area (Å²) in [6.07, 6.45) is 2.17. The first-order valence-electron chi connectivity index (χ1n) is 12.4. The molecule has 2 N–H and O–H groups in total. The molecule has 0 unspecified atom stereocenters. The summed E-state index contributed by atoms with van der Waals surface area (Å²) >= 11 is 0. The van der Waals surface area contributed by atoms with Crippen molar-refractivity contribution in [3.63, 3.8) is 0 Å². The van der Waals surface area contributed by atoms with Crippen LogP contribution in [-0.4, -0.2) is 81.9 Å². The monoisotopic (exact) mass is 521 g/mol. The maximum atomic E-state index is 12.6. The van der Waals surface area contributed by atoms with Crippen molar-refractivity contribution < 1.29 is 22.6 Å². The fraction of sp³-hybridized carbons (Fsp3) is 0.609. The van der Waals surface area contributed by atoms with E-state index in [4.69, 9.17) is 19.4 Å². The zero-order chi connectivity index (χ0) is 25.7. The van der Waals surface area contributed by atoms with Crippen LogP contribution in [0.3, 0.4) is 0 Å². The highest BCUT2D eigenvalue weighted by atomic mass is 19.4. The molecule has 0 radical (unpaired) electrons. The van der Waals surface area contributed by atoms with Gasteiger partial charge in [0.25, 0.3) is 0 Å². The molecule has 2 fully saturated rings. The molecule has 1 aliphatic carbocycles. The van der Waals surface area contributed by atoms with Crippen LogP contribution in [0.2, 0.25) is 0 Å². The smallest absolute Gasteiger partial charge is 0.375 e. The Labute approximate surface area is 211 Å². The lowest BCUT2D eigenvalue weighted by Gasteiger charge is -2.27. The normalized spacial score (nSPS) is 16.8. The van der Waals surface area contributed by atoms with Crippen molar-refractivity contribution in [2.24, 2.45) is 5.92 Å². The SMILES string of the molecule is FC(F)(F)COCCn1nc(COCC2CCC2)c2nc(N3CCNCC3)nc(Nc3ccncn3)c21. The zero-order valence-electron chi connectivity index (χ0n) is 20.4. The van der Waals surface area contributed by atoms with Crippen molar-refractivity contribution in [3.05, 3.63) is 24.3 Å². The molecule has 0 amide bonds. The number of hydrogen-bond donors (Lipinski definition) is 2. The van der Waals surface area contributed by atoms with Gasteiger partial charge in [-0.15, -0.1) is 0 Å². The van der Waals surface area contributed by atoms with E-state index in [-0.39, 0.29) is 19.8 Å². The third-order valence-corrected chi connectivity index (χ3v) is 6.40. The first kappa shape index (κ1) is 25.5. The minimum Gasteiger partial charge on any atom is -0.375 e. The zero-order valence-corrected chi connectivity index (χ0v) is 20.4. The molecule has 1 saturated carbocycles. The van der Waals surface area contributed by atoms with Gasteiger partial charge >= 0.3 is 6.18 Å². The lowest BCUT2D eigenvalue weighted by Crippen LogP contribution is -2.44. The molecule has 1 aliphatic heterocycles. The van der Waals surface area contributed by atoms with Crippen LogP contribution in [0.5, 0.6) is 0 Å². The summed E-state index contributed by atoms with van der Waals surface area (Å²) in [5.41, 5.74) is 1.74. The summed E-state index contributed by atoms with van der Waals surface area (Å²) in [5, 5.41) is 11.2. The van der Waals surface area contributed by atoms with E-state index in [9.17, 15) is 13.2 Å². The summed E-state index contributed by atoms with van der Waals surface area (Å²) in [5.74, 6) is 2.07. The third-order valence-electron chi connectivity index (χ3n) is 6.40. The van der Waals surface area contributed by atoms with E-state index in [2.05, 4.69) is 30.6 Å². The second kappa shape index (κ2) is 11.5. The van der Waals surface area contributed by atoms with Crippen molar-refractivity contribution in [1.82, 2.24) is 35.0 Å². The van der Waals surface area contributed by atoms with Gasteiger partial charge in [0.15, 0.2) is 5.82 Å². The van der Waals surface area contributed by atoms with Gasteiger partial charge in [-0.2, -0.15) is 23.3 Å². The second-order valence-corrected chi connectivity index (χ2v) is 9.18. The van der Waals surface area contributed by atoms with E-state index in [0.29, 0.717) is 46.8 Å². The molecule has 200 valence electrons. The highest BCUT2D eigenvalue weighted by Gasteiger charge is 2.28. The van der Waals surface area contributed by atoms with Crippen LogP contribution in [0.15, 0.2) is 18.6 Å². The Bertz CT molecular complexity index is 1170. The summed E-state index contributed by atoms with van der Waals surface area (Å²) < 4.78 is 50.2. The van der Waals surface area contributed by atoms with Crippen LogP contribution < -0.4 is 15.5 Å². The summed E-state index contributed by atoms with van der Waals surface area (Å²) in [7, 11) is 0. The Morgan fingerprint density at radius 3 is 2.68 bits per heavy atom. The van der Waals surface area contributed by atoms with E-state index in [1.807, 2.05) is 0 Å². The molecule has 2 aliphatic rings. The molecule has 4 heterocycles. The first-order chi connectivity index (χ1) is 18.0. The lowest BCUT2D eigenvalue weighted by molar-refractivity contribution is -0.174. The van der Waals surface area contributed by atoms with Crippen molar-refractivity contribution in [3.8, 4) is 0 Å². The average molecular weight is 522 g/mol. The van der Waals surface area contributed by atoms with Crippen LogP contribution >= 0.6 is 0 Å². The van der Waals surface area contributed by atoms with Gasteiger partial charge in [0.05, 0.1) is 19.8 Å². The van der Waals surface area contributed by atoms with Crippen molar-refractivity contribution in [1.29, 1.82) is 0 Å². The molecule has 1 saturated heterocycles. The summed E-state index contributed by atoms with van der Waals surface area (Å²) in [6, 6.07) is 1.70. The average Bonchev–Trinajstić information content (AvgIpc) is 3.21. The van der Waals surface area contributed by atoms with Crippen LogP contribution in [0, 0.1) is 5.92 Å². The van der Waals surface area contributed by atoms with E-state index < -0.39 is 12.8 Å². The van der Waals surface area contributed by atoms with E-state index in [0.717, 1.165) is 39.0 Å². The van der Waals surface area contributed by atoms with Gasteiger partial charge in [-0.3, -0.25) is 4.68 Å². The molecule has 5 rings (SSSR count). The molecule has 0 atom stereocenters. The quantitative estimate of drug-likeness (QED) is 0.365. The van der Waals surface area contributed by atoms with Crippen LogP contribution in [-0.2, 0) is 22.6 Å². The highest BCUT2D eigenvalue weighted by molar-refractivity contribution is 5.90. The number of anilines is 3. The van der Waals surface area contributed by atoms with Crippen molar-refractivity contribution in [2.45, 2.75) is 38.6 Å². The van der Waals surface area contributed by atoms with Gasteiger partial charge in [0.2, 0.25) is 5.95 Å². The molecule has 0 spiro atoms. The number of aromatic nitrogens is 6. The molecule has 3 aromatic heterocycles. The fourth-order valence-electron chi connectivity index (χ4n) is 4.29. The van der Waals surface area contributed by atoms with Gasteiger partial charge < -0.3 is 25.0 Å². The Balaban J connectivity index is 1.49. The van der Waals surface area contributed by atoms with Gasteiger partial charge in [0, 0.05) is 39.0 Å². The topological polar surface area (TPSA) is 115 Å². The number of piperazine rings is 1. The minimum atomic E-state index is -4.40. The fourth-order valence-corrected chi connectivity index (χ4v) is 4.29. The predicted molar refractivity (Wildman–Crippen MR) is 130 cm³/mol.